The molecule has 3 rings (SSSR count). The van der Waals surface area contributed by atoms with Crippen molar-refractivity contribution in [2.24, 2.45) is 5.16 Å². The first kappa shape index (κ1) is 16.3. The maximum absolute atomic E-state index is 12.1. The number of oxime groups is 1. The van der Waals surface area contributed by atoms with Crippen LogP contribution in [0.5, 0.6) is 0 Å². The van der Waals surface area contributed by atoms with Crippen LogP contribution in [0.25, 0.3) is 0 Å². The number of carbonyl (C=O) groups excluding carboxylic acids is 2. The van der Waals surface area contributed by atoms with Crippen LogP contribution in [0, 0.1) is 13.8 Å². The normalized spacial score (nSPS) is 20.2. The van der Waals surface area contributed by atoms with Crippen LogP contribution in [0.1, 0.15) is 23.1 Å². The van der Waals surface area contributed by atoms with Gasteiger partial charge in [0.25, 0.3) is 0 Å². The number of amides is 3. The summed E-state index contributed by atoms with van der Waals surface area (Å²) < 4.78 is 0. The van der Waals surface area contributed by atoms with Gasteiger partial charge in [0.1, 0.15) is 6.54 Å². The Labute approximate surface area is 141 Å². The second kappa shape index (κ2) is 6.90. The number of urea groups is 1. The van der Waals surface area contributed by atoms with E-state index < -0.39 is 0 Å². The van der Waals surface area contributed by atoms with Crippen molar-refractivity contribution < 1.29 is 14.4 Å². The van der Waals surface area contributed by atoms with Gasteiger partial charge in [-0.25, -0.2) is 4.79 Å². The van der Waals surface area contributed by atoms with E-state index >= 15 is 0 Å². The van der Waals surface area contributed by atoms with Crippen LogP contribution in [-0.2, 0) is 9.63 Å². The molecular weight excluding hydrogens is 308 g/mol. The van der Waals surface area contributed by atoms with Crippen molar-refractivity contribution in [3.8, 4) is 0 Å². The summed E-state index contributed by atoms with van der Waals surface area (Å²) in [4.78, 5) is 30.3. The molecule has 1 aromatic carbocycles. The summed E-state index contributed by atoms with van der Waals surface area (Å²) in [5, 5.41) is 9.66. The maximum Gasteiger partial charge on any atom is 0.318 e. The number of nitrogens with one attached hydrogen (secondary N) is 2. The standard InChI is InChI=1S/C17H22N4O3/c1-11-3-4-13(7-12(11)2)15-8-14(24-20-15)9-19-17(23)21-6-5-18-16(22)10-21/h3-4,7,14H,5-6,8-10H2,1-2H3,(H,18,22)(H,19,23)/t14-/m0/s1. The smallest absolute Gasteiger partial charge is 0.318 e. The maximum atomic E-state index is 12.1. The third-order valence-electron chi connectivity index (χ3n) is 4.38. The molecule has 7 nitrogen and oxygen atoms in total. The number of rotatable bonds is 3. The number of nitrogens with zero attached hydrogens (tertiary/aromatic N) is 2. The Hall–Kier alpha value is -2.57. The van der Waals surface area contributed by atoms with E-state index in [1.165, 1.54) is 16.0 Å². The molecule has 0 bridgehead atoms. The highest BCUT2D eigenvalue weighted by Gasteiger charge is 2.25. The van der Waals surface area contributed by atoms with Crippen LogP contribution in [0.15, 0.2) is 23.4 Å². The molecule has 24 heavy (non-hydrogen) atoms. The van der Waals surface area contributed by atoms with Crippen molar-refractivity contribution in [3.05, 3.63) is 34.9 Å². The molecule has 1 fully saturated rings. The number of hydrogen-bond donors (Lipinski definition) is 2. The predicted octanol–water partition coefficient (Wildman–Crippen LogP) is 0.938. The Morgan fingerprint density at radius 3 is 3.00 bits per heavy atom. The number of carbonyl (C=O) groups is 2. The SMILES string of the molecule is Cc1ccc(C2=NO[C@H](CNC(=O)N3CCNC(=O)C3)C2)cc1C. The molecule has 2 N–H and O–H groups in total. The summed E-state index contributed by atoms with van der Waals surface area (Å²) in [6, 6.07) is 5.97. The van der Waals surface area contributed by atoms with Crippen molar-refractivity contribution in [3.63, 3.8) is 0 Å². The van der Waals surface area contributed by atoms with Gasteiger partial charge in [-0.1, -0.05) is 17.3 Å². The minimum Gasteiger partial charge on any atom is -0.390 e. The fraction of sp³-hybridized carbons (Fsp3) is 0.471. The zero-order valence-corrected chi connectivity index (χ0v) is 14.0. The first-order valence-electron chi connectivity index (χ1n) is 8.12. The topological polar surface area (TPSA) is 83.0 Å². The van der Waals surface area contributed by atoms with Crippen molar-refractivity contribution in [2.45, 2.75) is 26.4 Å². The van der Waals surface area contributed by atoms with E-state index in [1.54, 1.807) is 0 Å². The molecule has 0 spiro atoms. The fourth-order valence-electron chi connectivity index (χ4n) is 2.75. The summed E-state index contributed by atoms with van der Waals surface area (Å²) in [6.07, 6.45) is 0.479. The first-order chi connectivity index (χ1) is 11.5. The first-order valence-corrected chi connectivity index (χ1v) is 8.12. The lowest BCUT2D eigenvalue weighted by molar-refractivity contribution is -0.123. The van der Waals surface area contributed by atoms with Crippen LogP contribution in [-0.4, -0.2) is 54.8 Å². The number of piperazine rings is 1. The molecule has 0 unspecified atom stereocenters. The highest BCUT2D eigenvalue weighted by molar-refractivity contribution is 6.01. The molecule has 0 aliphatic carbocycles. The molecule has 1 atom stereocenters. The second-order valence-corrected chi connectivity index (χ2v) is 6.23. The molecule has 0 radical (unpaired) electrons. The lowest BCUT2D eigenvalue weighted by atomic mass is 10.0. The van der Waals surface area contributed by atoms with Gasteiger partial charge in [0.05, 0.1) is 12.3 Å². The average Bonchev–Trinajstić information content (AvgIpc) is 3.04. The van der Waals surface area contributed by atoms with Gasteiger partial charge >= 0.3 is 6.03 Å². The third-order valence-corrected chi connectivity index (χ3v) is 4.38. The minimum atomic E-state index is -0.243. The lowest BCUT2D eigenvalue weighted by Gasteiger charge is -2.27. The molecule has 0 aromatic heterocycles. The van der Waals surface area contributed by atoms with Gasteiger partial charge in [-0.15, -0.1) is 0 Å². The second-order valence-electron chi connectivity index (χ2n) is 6.23. The van der Waals surface area contributed by atoms with Crippen LogP contribution in [0.3, 0.4) is 0 Å². The highest BCUT2D eigenvalue weighted by atomic mass is 16.6. The molecule has 7 heteroatoms. The van der Waals surface area contributed by atoms with Gasteiger partial charge in [0.2, 0.25) is 5.91 Å². The van der Waals surface area contributed by atoms with Crippen molar-refractivity contribution in [1.82, 2.24) is 15.5 Å². The molecule has 1 aromatic rings. The monoisotopic (exact) mass is 330 g/mol. The van der Waals surface area contributed by atoms with E-state index in [4.69, 9.17) is 4.84 Å². The van der Waals surface area contributed by atoms with Crippen LogP contribution in [0.2, 0.25) is 0 Å². The third kappa shape index (κ3) is 3.67. The zero-order chi connectivity index (χ0) is 17.1. The van der Waals surface area contributed by atoms with Crippen molar-refractivity contribution in [1.29, 1.82) is 0 Å². The number of hydrogen-bond acceptors (Lipinski definition) is 4. The Morgan fingerprint density at radius 1 is 1.42 bits per heavy atom. The molecule has 2 aliphatic heterocycles. The predicted molar refractivity (Wildman–Crippen MR) is 89.9 cm³/mol. The van der Waals surface area contributed by atoms with E-state index in [0.29, 0.717) is 26.1 Å². The molecular formula is C17H22N4O3. The Kier molecular flexibility index (Phi) is 4.69. The summed E-state index contributed by atoms with van der Waals surface area (Å²) in [6.45, 7) is 5.63. The molecule has 1 saturated heterocycles. The number of aryl methyl sites for hydroxylation is 2. The average molecular weight is 330 g/mol. The molecule has 3 amide bonds. The highest BCUT2D eigenvalue weighted by Crippen LogP contribution is 2.18. The van der Waals surface area contributed by atoms with E-state index in [9.17, 15) is 9.59 Å². The summed E-state index contributed by atoms with van der Waals surface area (Å²) >= 11 is 0. The van der Waals surface area contributed by atoms with Gasteiger partial charge < -0.3 is 20.4 Å². The van der Waals surface area contributed by atoms with Gasteiger partial charge in [-0.3, -0.25) is 4.79 Å². The van der Waals surface area contributed by atoms with E-state index in [0.717, 1.165) is 11.3 Å². The summed E-state index contributed by atoms with van der Waals surface area (Å²) in [7, 11) is 0. The fourth-order valence-corrected chi connectivity index (χ4v) is 2.75. The molecule has 128 valence electrons. The van der Waals surface area contributed by atoms with Crippen LogP contribution < -0.4 is 10.6 Å². The van der Waals surface area contributed by atoms with E-state index in [-0.39, 0.29) is 24.6 Å². The minimum absolute atomic E-state index is 0.0990. The summed E-state index contributed by atoms with van der Waals surface area (Å²) in [5.74, 6) is -0.131. The van der Waals surface area contributed by atoms with Crippen molar-refractivity contribution in [2.75, 3.05) is 26.2 Å². The molecule has 0 saturated carbocycles. The zero-order valence-electron chi connectivity index (χ0n) is 14.0. The van der Waals surface area contributed by atoms with Crippen molar-refractivity contribution >= 4 is 17.6 Å². The molecule has 2 heterocycles. The quantitative estimate of drug-likeness (QED) is 0.865. The van der Waals surface area contributed by atoms with Gasteiger partial charge in [-0.2, -0.15) is 0 Å². The van der Waals surface area contributed by atoms with Gasteiger partial charge in [0, 0.05) is 19.5 Å². The largest absolute Gasteiger partial charge is 0.390 e. The Bertz CT molecular complexity index is 686. The Morgan fingerprint density at radius 2 is 2.25 bits per heavy atom. The van der Waals surface area contributed by atoms with Gasteiger partial charge in [-0.05, 0) is 36.6 Å². The van der Waals surface area contributed by atoms with E-state index in [1.807, 2.05) is 6.07 Å². The van der Waals surface area contributed by atoms with Crippen LogP contribution >= 0.6 is 0 Å². The number of benzene rings is 1. The lowest BCUT2D eigenvalue weighted by Crippen LogP contribution is -2.53. The Balaban J connectivity index is 1.49. The summed E-state index contributed by atoms with van der Waals surface area (Å²) in [5.41, 5.74) is 4.41. The van der Waals surface area contributed by atoms with E-state index in [2.05, 4.69) is 41.8 Å². The van der Waals surface area contributed by atoms with Gasteiger partial charge in [0.15, 0.2) is 6.10 Å². The molecule has 2 aliphatic rings. The van der Waals surface area contributed by atoms with Crippen LogP contribution in [0.4, 0.5) is 4.79 Å².